The fourth-order valence-corrected chi connectivity index (χ4v) is 13.3. The molecule has 3 heteroatoms. The molecule has 1 fully saturated rings. The molecule has 366 valence electrons. The third kappa shape index (κ3) is 9.50. The fraction of sp³-hybridized carbons (Fsp3) is 0.286. The van der Waals surface area contributed by atoms with Gasteiger partial charge < -0.3 is 14.0 Å². The third-order valence-corrected chi connectivity index (χ3v) is 17.1. The van der Waals surface area contributed by atoms with Crippen molar-refractivity contribution in [1.82, 2.24) is 0 Å². The van der Waals surface area contributed by atoms with E-state index in [1.165, 1.54) is 99.1 Å². The number of hydrogen-bond acceptors (Lipinski definition) is 2. The van der Waals surface area contributed by atoms with Crippen LogP contribution in [0.2, 0.25) is 0 Å². The first-order valence-corrected chi connectivity index (χ1v) is 27.3. The Bertz CT molecular complexity index is 3460. The predicted molar refractivity (Wildman–Crippen MR) is 307 cm³/mol. The van der Waals surface area contributed by atoms with Crippen LogP contribution in [0.3, 0.4) is 0 Å². The minimum absolute atomic E-state index is 0.432. The second-order valence-corrected chi connectivity index (χ2v) is 22.6. The predicted octanol–water partition coefficient (Wildman–Crippen LogP) is 17.1. The van der Waals surface area contributed by atoms with Gasteiger partial charge in [0.25, 0.3) is 0 Å². The van der Waals surface area contributed by atoms with Crippen LogP contribution >= 0.6 is 0 Å². The molecule has 12 rings (SSSR count). The highest BCUT2D eigenvalue weighted by molar-refractivity contribution is 6.13. The van der Waals surface area contributed by atoms with Crippen molar-refractivity contribution in [1.29, 1.82) is 0 Å². The Hall–Kier alpha value is -6.94. The highest BCUT2D eigenvalue weighted by atomic mass is 16.5. The van der Waals surface area contributed by atoms with Crippen LogP contribution in [0.1, 0.15) is 83.5 Å². The summed E-state index contributed by atoms with van der Waals surface area (Å²) in [7, 11) is 2.54. The van der Waals surface area contributed by atoms with E-state index >= 15 is 0 Å². The molecule has 0 spiro atoms. The lowest BCUT2D eigenvalue weighted by Gasteiger charge is -2.46. The van der Waals surface area contributed by atoms with Gasteiger partial charge in [-0.05, 0) is 160 Å². The maximum atomic E-state index is 8.23. The second kappa shape index (κ2) is 19.8. The summed E-state index contributed by atoms with van der Waals surface area (Å²) in [5.74, 6) is 3.18. The van der Waals surface area contributed by atoms with Gasteiger partial charge in [-0.25, -0.2) is 0 Å². The van der Waals surface area contributed by atoms with Gasteiger partial charge in [0.1, 0.15) is 23.6 Å². The largest absolute Gasteiger partial charge is 0.492 e. The zero-order valence-corrected chi connectivity index (χ0v) is 43.4. The lowest BCUT2D eigenvalue weighted by atomic mass is 9.74. The van der Waals surface area contributed by atoms with Gasteiger partial charge in [0.2, 0.25) is 0 Å². The van der Waals surface area contributed by atoms with Crippen molar-refractivity contribution in [2.75, 3.05) is 26.7 Å². The number of nitrogens with zero attached hydrogens (tertiary/aromatic N) is 1. The molecular weight excluding hydrogens is 887 g/mol. The Balaban J connectivity index is 0.992. The SMILES string of the molecule is Cc1cc2c(c(-c3c4c(cc5ccccc35)CCC=C4)c1)OC1(Cc3ccccc3)CC[N+](C)(Cc3cc(C)cc(-c4c5ccccc5cc5ccccc45)c3OCCc3ccccc3)CCC(C1)C(C)CC2. The molecule has 0 aromatic heterocycles. The molecule has 0 amide bonds. The molecule has 0 saturated carbocycles. The number of fused-ring (bicyclic) bond motifs is 7. The standard InChI is InChI=1S/C70H70NO2/c1-48-39-57-32-31-50(3)58-33-36-71(4,37-35-70(46-58,45-52-21-9-6-10-22-52)73-69(57)65(42-48)67-62-29-17-13-25-55(62)44-56-26-14-18-30-63(56)67)47-59-40-49(2)41-64(68(59)72-38-34-51-19-7-5-8-20-51)66-60-27-15-11-23-53(60)43-54-24-12-16-28-61(54)66/h5-13,15-25,27-30,39-44,50,58H,14,26,31-38,45-47H2,1-4H3/q+1. The van der Waals surface area contributed by atoms with Gasteiger partial charge in [-0.1, -0.05) is 165 Å². The quantitative estimate of drug-likeness (QED) is 0.100. The van der Waals surface area contributed by atoms with Crippen molar-refractivity contribution in [3.63, 3.8) is 0 Å². The first kappa shape index (κ1) is 47.1. The molecule has 0 radical (unpaired) electrons. The van der Waals surface area contributed by atoms with Crippen LogP contribution < -0.4 is 9.47 Å². The Kier molecular flexibility index (Phi) is 12.8. The number of aryl methyl sites for hydroxylation is 4. The molecule has 4 atom stereocenters. The number of allylic oxidation sites excluding steroid dienone is 1. The smallest absolute Gasteiger partial charge is 0.136 e. The van der Waals surface area contributed by atoms with E-state index in [0.717, 1.165) is 93.4 Å². The summed E-state index contributed by atoms with van der Waals surface area (Å²) in [6, 6.07) is 63.5. The van der Waals surface area contributed by atoms with Crippen molar-refractivity contribution in [3.8, 4) is 33.8 Å². The van der Waals surface area contributed by atoms with Gasteiger partial charge in [-0.3, -0.25) is 0 Å². The molecular formula is C70H70NO2+. The highest BCUT2D eigenvalue weighted by Gasteiger charge is 2.44. The van der Waals surface area contributed by atoms with Crippen LogP contribution in [-0.4, -0.2) is 36.8 Å². The van der Waals surface area contributed by atoms with Crippen LogP contribution in [0.5, 0.6) is 11.5 Å². The topological polar surface area (TPSA) is 18.5 Å². The average Bonchev–Trinajstić information content (AvgIpc) is 3.46. The Labute approximate surface area is 433 Å². The van der Waals surface area contributed by atoms with E-state index in [1.54, 1.807) is 0 Å². The van der Waals surface area contributed by atoms with Crippen LogP contribution in [0.4, 0.5) is 0 Å². The monoisotopic (exact) mass is 957 g/mol. The van der Waals surface area contributed by atoms with Crippen molar-refractivity contribution < 1.29 is 14.0 Å². The Morgan fingerprint density at radius 2 is 1.25 bits per heavy atom. The number of benzene rings is 9. The third-order valence-electron chi connectivity index (χ3n) is 17.1. The second-order valence-electron chi connectivity index (χ2n) is 22.6. The maximum Gasteiger partial charge on any atom is 0.136 e. The molecule has 3 nitrogen and oxygen atoms in total. The van der Waals surface area contributed by atoms with E-state index in [4.69, 9.17) is 9.47 Å². The molecule has 2 heterocycles. The summed E-state index contributed by atoms with van der Waals surface area (Å²) >= 11 is 0. The van der Waals surface area contributed by atoms with Crippen molar-refractivity contribution in [2.24, 2.45) is 11.8 Å². The molecule has 73 heavy (non-hydrogen) atoms. The molecule has 9 aromatic rings. The molecule has 0 N–H and O–H groups in total. The van der Waals surface area contributed by atoms with Gasteiger partial charge in [-0.2, -0.15) is 0 Å². The average molecular weight is 957 g/mol. The number of rotatable bonds is 10. The van der Waals surface area contributed by atoms with E-state index in [9.17, 15) is 0 Å². The molecule has 3 aliphatic rings. The van der Waals surface area contributed by atoms with E-state index < -0.39 is 5.60 Å². The zero-order chi connectivity index (χ0) is 49.5. The van der Waals surface area contributed by atoms with Gasteiger partial charge in [0.05, 0.1) is 26.7 Å². The summed E-state index contributed by atoms with van der Waals surface area (Å²) in [5.41, 5.74) is 15.3. The molecule has 2 bridgehead atoms. The van der Waals surface area contributed by atoms with Crippen LogP contribution in [0, 0.1) is 25.7 Å². The van der Waals surface area contributed by atoms with Crippen LogP contribution in [-0.2, 0) is 32.2 Å². The van der Waals surface area contributed by atoms with E-state index in [0.29, 0.717) is 18.4 Å². The van der Waals surface area contributed by atoms with E-state index in [-0.39, 0.29) is 0 Å². The summed E-state index contributed by atoms with van der Waals surface area (Å²) in [4.78, 5) is 0. The highest BCUT2D eigenvalue weighted by Crippen LogP contribution is 2.50. The molecule has 9 aromatic carbocycles. The summed E-state index contributed by atoms with van der Waals surface area (Å²) < 4.78 is 16.4. The van der Waals surface area contributed by atoms with Crippen molar-refractivity contribution in [3.05, 3.63) is 220 Å². The minimum Gasteiger partial charge on any atom is -0.492 e. The molecule has 4 unspecified atom stereocenters. The molecule has 2 aliphatic heterocycles. The minimum atomic E-state index is -0.432. The zero-order valence-electron chi connectivity index (χ0n) is 43.4. The van der Waals surface area contributed by atoms with E-state index in [2.05, 4.69) is 210 Å². The summed E-state index contributed by atoms with van der Waals surface area (Å²) in [6.07, 6.45) is 13.9. The number of hydrogen-bond donors (Lipinski definition) is 0. The number of ether oxygens (including phenoxy) is 2. The first-order valence-electron chi connectivity index (χ1n) is 27.3. The summed E-state index contributed by atoms with van der Waals surface area (Å²) in [5, 5.41) is 7.65. The number of likely N-dealkylation sites (tertiary alicyclic amines) is 1. The summed E-state index contributed by atoms with van der Waals surface area (Å²) in [6.45, 7) is 10.7. The fourth-order valence-electron chi connectivity index (χ4n) is 13.3. The van der Waals surface area contributed by atoms with Gasteiger partial charge in [0.15, 0.2) is 0 Å². The maximum absolute atomic E-state index is 8.23. The number of quaternary nitrogens is 1. The normalized spacial score (nSPS) is 20.8. The molecule has 1 aliphatic carbocycles. The van der Waals surface area contributed by atoms with E-state index in [1.807, 2.05) is 0 Å². The van der Waals surface area contributed by atoms with Gasteiger partial charge >= 0.3 is 0 Å². The van der Waals surface area contributed by atoms with Crippen molar-refractivity contribution >= 4 is 38.4 Å². The molecule has 1 saturated heterocycles. The van der Waals surface area contributed by atoms with Crippen LogP contribution in [0.15, 0.2) is 176 Å². The Morgan fingerprint density at radius 3 is 1.97 bits per heavy atom. The van der Waals surface area contributed by atoms with Crippen LogP contribution in [0.25, 0.3) is 60.6 Å². The van der Waals surface area contributed by atoms with Crippen molar-refractivity contribution in [2.45, 2.75) is 90.7 Å². The Morgan fingerprint density at radius 1 is 0.616 bits per heavy atom. The van der Waals surface area contributed by atoms with Gasteiger partial charge in [0, 0.05) is 47.1 Å². The first-order chi connectivity index (χ1) is 35.7. The lowest BCUT2D eigenvalue weighted by Crippen LogP contribution is -2.53. The lowest BCUT2D eigenvalue weighted by molar-refractivity contribution is -0.924. The van der Waals surface area contributed by atoms with Gasteiger partial charge in [-0.15, -0.1) is 0 Å².